The fourth-order valence-electron chi connectivity index (χ4n) is 2.91. The molecule has 0 saturated heterocycles. The second-order valence-corrected chi connectivity index (χ2v) is 5.61. The van der Waals surface area contributed by atoms with Gasteiger partial charge in [0.05, 0.1) is 0 Å². The smallest absolute Gasteiger partial charge is 0.0180 e. The number of hydrogen-bond donors (Lipinski definition) is 2. The van der Waals surface area contributed by atoms with Crippen molar-refractivity contribution >= 4 is 0 Å². The van der Waals surface area contributed by atoms with Gasteiger partial charge in [0.1, 0.15) is 0 Å². The first-order valence-corrected chi connectivity index (χ1v) is 7.27. The lowest BCUT2D eigenvalue weighted by atomic mass is 9.67. The zero-order valence-electron chi connectivity index (χ0n) is 11.5. The molecule has 3 N–H and O–H groups in total. The first kappa shape index (κ1) is 13.6. The van der Waals surface area contributed by atoms with Gasteiger partial charge in [0, 0.05) is 13.1 Å². The third kappa shape index (κ3) is 3.12. The molecule has 0 radical (unpaired) electrons. The predicted octanol–water partition coefficient (Wildman–Crippen LogP) is 2.86. The summed E-state index contributed by atoms with van der Waals surface area (Å²) >= 11 is 0. The van der Waals surface area contributed by atoms with E-state index in [9.17, 15) is 0 Å². The molecule has 2 heteroatoms. The molecule has 0 bridgehead atoms. The second-order valence-electron chi connectivity index (χ2n) is 5.61. The van der Waals surface area contributed by atoms with E-state index in [1.165, 1.54) is 43.4 Å². The molecule has 1 aliphatic carbocycles. The first-order valence-electron chi connectivity index (χ1n) is 7.27. The highest BCUT2D eigenvalue weighted by Crippen LogP contribution is 2.42. The van der Waals surface area contributed by atoms with Crippen LogP contribution in [0.3, 0.4) is 0 Å². The van der Waals surface area contributed by atoms with Gasteiger partial charge < -0.3 is 11.1 Å². The molecule has 0 unspecified atom stereocenters. The summed E-state index contributed by atoms with van der Waals surface area (Å²) < 4.78 is 0. The van der Waals surface area contributed by atoms with E-state index < -0.39 is 0 Å². The van der Waals surface area contributed by atoms with Gasteiger partial charge in [-0.15, -0.1) is 0 Å². The molecule has 0 aliphatic heterocycles. The lowest BCUT2D eigenvalue weighted by molar-refractivity contribution is 0.124. The molecule has 0 heterocycles. The highest BCUT2D eigenvalue weighted by Gasteiger charge is 2.34. The van der Waals surface area contributed by atoms with Gasteiger partial charge >= 0.3 is 0 Å². The molecule has 1 saturated carbocycles. The number of nitrogens with one attached hydrogen (secondary N) is 1. The number of rotatable bonds is 7. The number of nitrogens with two attached hydrogens (primary N) is 1. The van der Waals surface area contributed by atoms with Gasteiger partial charge in [-0.3, -0.25) is 0 Å². The Morgan fingerprint density at radius 3 is 2.50 bits per heavy atom. The maximum Gasteiger partial charge on any atom is 0.0180 e. The van der Waals surface area contributed by atoms with Crippen LogP contribution in [0.2, 0.25) is 0 Å². The number of hydrogen-bond acceptors (Lipinski definition) is 2. The van der Waals surface area contributed by atoms with E-state index in [0.29, 0.717) is 12.0 Å². The third-order valence-corrected chi connectivity index (χ3v) is 4.57. The molecule has 2 rings (SSSR count). The Bertz CT molecular complexity index is 364. The van der Waals surface area contributed by atoms with Gasteiger partial charge in [-0.2, -0.15) is 0 Å². The maximum absolute atomic E-state index is 5.76. The zero-order valence-corrected chi connectivity index (χ0v) is 11.5. The van der Waals surface area contributed by atoms with Crippen LogP contribution in [0, 0.1) is 5.41 Å². The van der Waals surface area contributed by atoms with E-state index in [0.717, 1.165) is 13.0 Å². The van der Waals surface area contributed by atoms with Gasteiger partial charge in [-0.1, -0.05) is 37.6 Å². The van der Waals surface area contributed by atoms with E-state index in [1.54, 1.807) is 0 Å². The minimum Gasteiger partial charge on any atom is -0.326 e. The van der Waals surface area contributed by atoms with Crippen molar-refractivity contribution in [3.05, 3.63) is 35.4 Å². The summed E-state index contributed by atoms with van der Waals surface area (Å²) in [6, 6.07) is 8.51. The van der Waals surface area contributed by atoms with Crippen molar-refractivity contribution in [3.63, 3.8) is 0 Å². The van der Waals surface area contributed by atoms with Gasteiger partial charge in [0.25, 0.3) is 0 Å². The van der Waals surface area contributed by atoms with E-state index >= 15 is 0 Å². The van der Waals surface area contributed by atoms with Crippen LogP contribution in [0.15, 0.2) is 24.3 Å². The van der Waals surface area contributed by atoms with E-state index in [1.807, 2.05) is 0 Å². The molecule has 1 aromatic rings. The standard InChI is InChI=1S/C16H26N2/c1-2-16(9-5-10-16)13-18-11-8-14-6-3-4-7-15(14)12-17/h3-4,6-7,18H,2,5,8-13,17H2,1H3. The van der Waals surface area contributed by atoms with Gasteiger partial charge in [-0.05, 0) is 48.8 Å². The molecule has 100 valence electrons. The molecule has 1 fully saturated rings. The summed E-state index contributed by atoms with van der Waals surface area (Å²) in [5, 5.41) is 3.64. The van der Waals surface area contributed by atoms with E-state index in [4.69, 9.17) is 5.73 Å². The molecule has 0 spiro atoms. The highest BCUT2D eigenvalue weighted by atomic mass is 14.9. The predicted molar refractivity (Wildman–Crippen MR) is 77.5 cm³/mol. The summed E-state index contributed by atoms with van der Waals surface area (Å²) in [5.74, 6) is 0. The van der Waals surface area contributed by atoms with Gasteiger partial charge in [-0.25, -0.2) is 0 Å². The molecule has 0 atom stereocenters. The van der Waals surface area contributed by atoms with Crippen LogP contribution < -0.4 is 11.1 Å². The molecule has 0 amide bonds. The Morgan fingerprint density at radius 2 is 1.94 bits per heavy atom. The second kappa shape index (κ2) is 6.35. The zero-order chi connectivity index (χ0) is 12.8. The van der Waals surface area contributed by atoms with Crippen molar-refractivity contribution in [2.75, 3.05) is 13.1 Å². The lowest BCUT2D eigenvalue weighted by Gasteiger charge is -2.41. The van der Waals surface area contributed by atoms with Crippen LogP contribution in [0.4, 0.5) is 0 Å². The topological polar surface area (TPSA) is 38.0 Å². The average Bonchev–Trinajstić information content (AvgIpc) is 2.37. The third-order valence-electron chi connectivity index (χ3n) is 4.57. The van der Waals surface area contributed by atoms with Crippen molar-refractivity contribution in [3.8, 4) is 0 Å². The Kier molecular flexibility index (Phi) is 4.79. The molecule has 18 heavy (non-hydrogen) atoms. The summed E-state index contributed by atoms with van der Waals surface area (Å²) in [5.41, 5.74) is 9.05. The first-order chi connectivity index (χ1) is 8.79. The summed E-state index contributed by atoms with van der Waals surface area (Å²) in [7, 11) is 0. The SMILES string of the molecule is CCC1(CNCCc2ccccc2CN)CCC1. The van der Waals surface area contributed by atoms with E-state index in [2.05, 4.69) is 36.5 Å². The average molecular weight is 246 g/mol. The fourth-order valence-corrected chi connectivity index (χ4v) is 2.91. The van der Waals surface area contributed by atoms with Gasteiger partial charge in [0.2, 0.25) is 0 Å². The van der Waals surface area contributed by atoms with Crippen molar-refractivity contribution in [1.29, 1.82) is 0 Å². The van der Waals surface area contributed by atoms with E-state index in [-0.39, 0.29) is 0 Å². The molecule has 1 aromatic carbocycles. The van der Waals surface area contributed by atoms with Crippen LogP contribution in [-0.4, -0.2) is 13.1 Å². The van der Waals surface area contributed by atoms with Crippen LogP contribution >= 0.6 is 0 Å². The Morgan fingerprint density at radius 1 is 1.22 bits per heavy atom. The fraction of sp³-hybridized carbons (Fsp3) is 0.625. The monoisotopic (exact) mass is 246 g/mol. The number of benzene rings is 1. The van der Waals surface area contributed by atoms with Crippen LogP contribution in [0.1, 0.15) is 43.7 Å². The molecule has 2 nitrogen and oxygen atoms in total. The van der Waals surface area contributed by atoms with Crippen molar-refractivity contribution in [2.45, 2.75) is 45.6 Å². The molecular formula is C16H26N2. The van der Waals surface area contributed by atoms with Crippen molar-refractivity contribution < 1.29 is 0 Å². The van der Waals surface area contributed by atoms with Crippen molar-refractivity contribution in [1.82, 2.24) is 5.32 Å². The van der Waals surface area contributed by atoms with Crippen LogP contribution in [-0.2, 0) is 13.0 Å². The molecular weight excluding hydrogens is 220 g/mol. The molecule has 1 aliphatic rings. The Balaban J connectivity index is 1.75. The lowest BCUT2D eigenvalue weighted by Crippen LogP contribution is -2.40. The molecule has 0 aromatic heterocycles. The quantitative estimate of drug-likeness (QED) is 0.726. The van der Waals surface area contributed by atoms with Gasteiger partial charge in [0.15, 0.2) is 0 Å². The summed E-state index contributed by atoms with van der Waals surface area (Å²) in [4.78, 5) is 0. The highest BCUT2D eigenvalue weighted by molar-refractivity contribution is 5.27. The Labute approximate surface area is 111 Å². The Hall–Kier alpha value is -0.860. The largest absolute Gasteiger partial charge is 0.326 e. The van der Waals surface area contributed by atoms with Crippen molar-refractivity contribution in [2.24, 2.45) is 11.1 Å². The summed E-state index contributed by atoms with van der Waals surface area (Å²) in [6.45, 7) is 5.23. The minimum absolute atomic E-state index is 0.618. The van der Waals surface area contributed by atoms with Crippen LogP contribution in [0.5, 0.6) is 0 Å². The maximum atomic E-state index is 5.76. The van der Waals surface area contributed by atoms with Crippen LogP contribution in [0.25, 0.3) is 0 Å². The normalized spacial score (nSPS) is 17.4. The minimum atomic E-state index is 0.618. The summed E-state index contributed by atoms with van der Waals surface area (Å²) in [6.07, 6.45) is 6.66.